The van der Waals surface area contributed by atoms with Crippen LogP contribution in [0, 0.1) is 6.92 Å². The van der Waals surface area contributed by atoms with Gasteiger partial charge in [0.1, 0.15) is 0 Å². The second kappa shape index (κ2) is 6.98. The van der Waals surface area contributed by atoms with Crippen molar-refractivity contribution in [1.82, 2.24) is 0 Å². The number of hydrogen-bond acceptors (Lipinski definition) is 0. The quantitative estimate of drug-likeness (QED) is 0.645. The van der Waals surface area contributed by atoms with Crippen LogP contribution in [0.15, 0.2) is 48.5 Å². The van der Waals surface area contributed by atoms with Gasteiger partial charge in [-0.15, -0.1) is 11.6 Å². The van der Waals surface area contributed by atoms with E-state index in [4.69, 9.17) is 23.2 Å². The summed E-state index contributed by atoms with van der Waals surface area (Å²) in [7, 11) is 0. The van der Waals surface area contributed by atoms with Crippen molar-refractivity contribution in [2.75, 3.05) is 0 Å². The highest BCUT2D eigenvalue weighted by Gasteiger charge is 2.08. The lowest BCUT2D eigenvalue weighted by Gasteiger charge is -2.11. The molecule has 1 atom stereocenters. The highest BCUT2D eigenvalue weighted by atomic mass is 35.5. The number of rotatable bonds is 5. The van der Waals surface area contributed by atoms with Crippen molar-refractivity contribution in [2.45, 2.75) is 31.6 Å². The van der Waals surface area contributed by atoms with E-state index in [1.165, 1.54) is 11.1 Å². The molecule has 0 saturated carbocycles. The lowest BCUT2D eigenvalue weighted by atomic mass is 10.0. The molecule has 0 saturated heterocycles. The summed E-state index contributed by atoms with van der Waals surface area (Å²) < 4.78 is 0. The van der Waals surface area contributed by atoms with Gasteiger partial charge in [0.25, 0.3) is 0 Å². The van der Waals surface area contributed by atoms with Gasteiger partial charge in [0.15, 0.2) is 0 Å². The molecular formula is C17H18Cl2. The topological polar surface area (TPSA) is 0 Å². The van der Waals surface area contributed by atoms with Crippen LogP contribution in [-0.4, -0.2) is 5.38 Å². The summed E-state index contributed by atoms with van der Waals surface area (Å²) in [5.41, 5.74) is 3.79. The molecule has 100 valence electrons. The minimum atomic E-state index is 0.125. The molecule has 2 heteroatoms. The van der Waals surface area contributed by atoms with Crippen molar-refractivity contribution >= 4 is 23.2 Å². The molecule has 0 aliphatic heterocycles. The Kier molecular flexibility index (Phi) is 5.30. The predicted octanol–water partition coefficient (Wildman–Crippen LogP) is 5.43. The van der Waals surface area contributed by atoms with Gasteiger partial charge < -0.3 is 0 Å². The monoisotopic (exact) mass is 292 g/mol. The molecule has 0 nitrogen and oxygen atoms in total. The van der Waals surface area contributed by atoms with Gasteiger partial charge in [-0.05, 0) is 43.4 Å². The maximum atomic E-state index is 6.42. The van der Waals surface area contributed by atoms with Gasteiger partial charge >= 0.3 is 0 Å². The first-order valence-corrected chi connectivity index (χ1v) is 7.39. The third kappa shape index (κ3) is 4.56. The molecule has 0 aliphatic rings. The van der Waals surface area contributed by atoms with Crippen LogP contribution < -0.4 is 0 Å². The first-order chi connectivity index (χ1) is 9.15. The minimum absolute atomic E-state index is 0.125. The largest absolute Gasteiger partial charge is 0.123 e. The highest BCUT2D eigenvalue weighted by Crippen LogP contribution is 2.21. The van der Waals surface area contributed by atoms with Gasteiger partial charge in [-0.25, -0.2) is 0 Å². The van der Waals surface area contributed by atoms with E-state index in [0.717, 1.165) is 29.8 Å². The number of aryl methyl sites for hydroxylation is 2. The zero-order valence-electron chi connectivity index (χ0n) is 11.1. The lowest BCUT2D eigenvalue weighted by Crippen LogP contribution is -2.05. The third-order valence-electron chi connectivity index (χ3n) is 3.23. The Balaban J connectivity index is 1.88. The molecule has 2 aromatic rings. The molecule has 0 amide bonds. The van der Waals surface area contributed by atoms with Crippen LogP contribution in [0.25, 0.3) is 0 Å². The standard InChI is InChI=1S/C17H18Cl2/c1-13-5-4-6-14(11-13)9-10-16(18)12-15-7-2-3-8-17(15)19/h2-8,11,16H,9-10,12H2,1H3. The van der Waals surface area contributed by atoms with Crippen molar-refractivity contribution in [3.8, 4) is 0 Å². The van der Waals surface area contributed by atoms with Crippen molar-refractivity contribution in [1.29, 1.82) is 0 Å². The zero-order valence-corrected chi connectivity index (χ0v) is 12.6. The molecule has 0 heterocycles. The van der Waals surface area contributed by atoms with Crippen LogP contribution in [0.2, 0.25) is 5.02 Å². The smallest absolute Gasteiger partial charge is 0.0438 e. The van der Waals surface area contributed by atoms with Gasteiger partial charge in [-0.3, -0.25) is 0 Å². The summed E-state index contributed by atoms with van der Waals surface area (Å²) in [4.78, 5) is 0. The van der Waals surface area contributed by atoms with Gasteiger partial charge in [-0.2, -0.15) is 0 Å². The molecule has 0 spiro atoms. The average molecular weight is 293 g/mol. The first-order valence-electron chi connectivity index (χ1n) is 6.58. The zero-order chi connectivity index (χ0) is 13.7. The Hall–Kier alpha value is -0.980. The fraction of sp³-hybridized carbons (Fsp3) is 0.294. The SMILES string of the molecule is Cc1cccc(CCC(Cl)Cc2ccccc2Cl)c1. The highest BCUT2D eigenvalue weighted by molar-refractivity contribution is 6.31. The first kappa shape index (κ1) is 14.4. The van der Waals surface area contributed by atoms with Crippen LogP contribution in [0.1, 0.15) is 23.1 Å². The van der Waals surface area contributed by atoms with Crippen LogP contribution >= 0.6 is 23.2 Å². The number of alkyl halides is 1. The van der Waals surface area contributed by atoms with Gasteiger partial charge in [0.2, 0.25) is 0 Å². The Morgan fingerprint density at radius 3 is 2.58 bits per heavy atom. The Morgan fingerprint density at radius 1 is 1.05 bits per heavy atom. The second-order valence-electron chi connectivity index (χ2n) is 4.92. The molecule has 2 aromatic carbocycles. The van der Waals surface area contributed by atoms with E-state index in [1.54, 1.807) is 0 Å². The van der Waals surface area contributed by atoms with Gasteiger partial charge in [0, 0.05) is 10.4 Å². The maximum Gasteiger partial charge on any atom is 0.0438 e. The van der Waals surface area contributed by atoms with E-state index >= 15 is 0 Å². The Bertz CT molecular complexity index is 534. The fourth-order valence-electron chi connectivity index (χ4n) is 2.20. The van der Waals surface area contributed by atoms with E-state index in [0.29, 0.717) is 0 Å². The van der Waals surface area contributed by atoms with Crippen LogP contribution in [-0.2, 0) is 12.8 Å². The molecule has 0 aromatic heterocycles. The minimum Gasteiger partial charge on any atom is -0.123 e. The summed E-state index contributed by atoms with van der Waals surface area (Å²) in [6.45, 7) is 2.12. The van der Waals surface area contributed by atoms with Crippen LogP contribution in [0.5, 0.6) is 0 Å². The Morgan fingerprint density at radius 2 is 1.84 bits per heavy atom. The van der Waals surface area contributed by atoms with E-state index in [-0.39, 0.29) is 5.38 Å². The summed E-state index contributed by atoms with van der Waals surface area (Å²) in [6, 6.07) is 16.5. The number of hydrogen-bond donors (Lipinski definition) is 0. The van der Waals surface area contributed by atoms with E-state index in [1.807, 2.05) is 24.3 Å². The van der Waals surface area contributed by atoms with E-state index in [9.17, 15) is 0 Å². The molecule has 2 rings (SSSR count). The molecule has 0 N–H and O–H groups in total. The average Bonchev–Trinajstić information content (AvgIpc) is 2.39. The molecular weight excluding hydrogens is 275 g/mol. The lowest BCUT2D eigenvalue weighted by molar-refractivity contribution is 0.743. The molecule has 0 radical (unpaired) electrons. The van der Waals surface area contributed by atoms with E-state index in [2.05, 4.69) is 31.2 Å². The molecule has 19 heavy (non-hydrogen) atoms. The number of halogens is 2. The van der Waals surface area contributed by atoms with Crippen molar-refractivity contribution in [3.05, 3.63) is 70.2 Å². The van der Waals surface area contributed by atoms with Crippen LogP contribution in [0.3, 0.4) is 0 Å². The summed E-state index contributed by atoms with van der Waals surface area (Å²) in [5, 5.41) is 0.934. The molecule has 0 aliphatic carbocycles. The fourth-order valence-corrected chi connectivity index (χ4v) is 2.68. The maximum absolute atomic E-state index is 6.42. The molecule has 0 bridgehead atoms. The van der Waals surface area contributed by atoms with Gasteiger partial charge in [0.05, 0.1) is 0 Å². The Labute approximate surface area is 125 Å². The number of benzene rings is 2. The predicted molar refractivity (Wildman–Crippen MR) is 84.3 cm³/mol. The summed E-state index contributed by atoms with van der Waals surface area (Å²) >= 11 is 12.6. The summed E-state index contributed by atoms with van der Waals surface area (Å²) in [6.07, 6.45) is 2.81. The van der Waals surface area contributed by atoms with Crippen molar-refractivity contribution in [2.24, 2.45) is 0 Å². The summed E-state index contributed by atoms with van der Waals surface area (Å²) in [5.74, 6) is 0. The van der Waals surface area contributed by atoms with Gasteiger partial charge in [-0.1, -0.05) is 59.6 Å². The second-order valence-corrected chi connectivity index (χ2v) is 5.94. The third-order valence-corrected chi connectivity index (χ3v) is 3.97. The van der Waals surface area contributed by atoms with E-state index < -0.39 is 0 Å². The van der Waals surface area contributed by atoms with Crippen molar-refractivity contribution < 1.29 is 0 Å². The van der Waals surface area contributed by atoms with Crippen LogP contribution in [0.4, 0.5) is 0 Å². The molecule has 0 fully saturated rings. The normalized spacial score (nSPS) is 12.4. The van der Waals surface area contributed by atoms with Crippen molar-refractivity contribution in [3.63, 3.8) is 0 Å². The molecule has 1 unspecified atom stereocenters.